The van der Waals surface area contributed by atoms with Crippen molar-refractivity contribution >= 4 is 102 Å². The Balaban J connectivity index is 0.000000493. The van der Waals surface area contributed by atoms with Crippen LogP contribution in [0.25, 0.3) is 9.69 Å². The molecule has 2 aliphatic rings. The fraction of sp³-hybridized carbons (Fsp3) is 0.645. The van der Waals surface area contributed by atoms with Gasteiger partial charge in [-0.05, 0) is 75.8 Å². The van der Waals surface area contributed by atoms with Crippen LogP contribution in [0.5, 0.6) is 0 Å². The topological polar surface area (TPSA) is 151 Å². The van der Waals surface area contributed by atoms with Gasteiger partial charge in [0.2, 0.25) is 17.4 Å². The first-order valence-corrected chi connectivity index (χ1v) is 33.8. The highest BCUT2D eigenvalue weighted by atomic mass is 32.2. The summed E-state index contributed by atoms with van der Waals surface area (Å²) in [5.74, 6) is 0.944. The average Bonchev–Trinajstić information content (AvgIpc) is 3.37. The molecule has 2 heterocycles. The van der Waals surface area contributed by atoms with Crippen molar-refractivity contribution in [3.05, 3.63) is 107 Å². The number of hydrogen-bond donors (Lipinski definition) is 2. The number of nitrogens with zero attached hydrogens (tertiary/aromatic N) is 6. The van der Waals surface area contributed by atoms with Crippen molar-refractivity contribution in [1.29, 1.82) is 0 Å². The second kappa shape index (κ2) is 44.8. The summed E-state index contributed by atoms with van der Waals surface area (Å²) in [5.41, 5.74) is 2.06. The van der Waals surface area contributed by atoms with Crippen LogP contribution in [0, 0.1) is 13.1 Å². The van der Waals surface area contributed by atoms with Crippen molar-refractivity contribution in [3.63, 3.8) is 0 Å². The van der Waals surface area contributed by atoms with E-state index in [4.69, 9.17) is 56.5 Å². The van der Waals surface area contributed by atoms with Gasteiger partial charge in [0.15, 0.2) is 0 Å². The van der Waals surface area contributed by atoms with Crippen LogP contribution in [0.4, 0.5) is 0 Å². The lowest BCUT2D eigenvalue weighted by atomic mass is 9.86. The Kier molecular flexibility index (Phi) is 40.8. The molecule has 3 atom stereocenters. The number of amides is 2. The van der Waals surface area contributed by atoms with E-state index in [1.165, 1.54) is 34.7 Å². The van der Waals surface area contributed by atoms with Crippen LogP contribution in [-0.2, 0) is 51.0 Å². The molecule has 0 saturated carbocycles. The van der Waals surface area contributed by atoms with Crippen molar-refractivity contribution < 1.29 is 38.1 Å². The molecular formula is C62H96N8O8S6. The molecule has 2 aromatic rings. The van der Waals surface area contributed by atoms with Crippen molar-refractivity contribution in [3.8, 4) is 0 Å². The maximum absolute atomic E-state index is 13.6. The van der Waals surface area contributed by atoms with Gasteiger partial charge >= 0.3 is 11.9 Å². The zero-order valence-corrected chi connectivity index (χ0v) is 56.3. The summed E-state index contributed by atoms with van der Waals surface area (Å²) in [4.78, 5) is 65.2. The van der Waals surface area contributed by atoms with Gasteiger partial charge in [-0.15, -0.1) is 23.5 Å². The second-order valence-corrected chi connectivity index (χ2v) is 28.5. The molecule has 2 aromatic carbocycles. The SMILES string of the molecule is C=C(C)C(=O)OCCN(CC)CC.[C-]#[N+]C(C)(CCC(=O)NCCN1CCOCC1)CC(C)(SC(=S)SCCc1ccccc1)C(=O)OCCN(CC)CC.[C-]#[N+]C(C)(CCC(=O)NCCN1CCOCC1)SC(=S)SCCc1ccccc1. The van der Waals surface area contributed by atoms with E-state index >= 15 is 0 Å². The van der Waals surface area contributed by atoms with Crippen molar-refractivity contribution in [2.45, 2.75) is 115 Å². The van der Waals surface area contributed by atoms with Crippen LogP contribution >= 0.6 is 71.5 Å². The molecule has 0 aliphatic carbocycles. The Morgan fingerprint density at radius 3 is 1.51 bits per heavy atom. The Hall–Kier alpha value is -3.62. The number of likely N-dealkylation sites (N-methyl/N-ethyl adjacent to an activating group) is 2. The molecule has 2 N–H and O–H groups in total. The highest BCUT2D eigenvalue weighted by Gasteiger charge is 2.47. The number of thiocarbonyl (C=S) groups is 2. The standard InChI is InChI=1S/C31H48N4O4S3.C21H29N3O2S3.C10H19NO2/c1-6-34(7-2)20-23-39-28(37)31(4,42-29(40)41-24-14-26-11-9-8-10-12-26)25-30(3,32-5)15-13-27(36)33-16-17-35-18-21-38-22-19-35;1-21(22-2,29-20(27)28-17-9-18-6-4-3-5-7-18)10-8-19(25)23-11-12-24-13-15-26-16-14-24;1-5-11(6-2)7-8-13-10(12)9(3)4/h8-12H,6-7,13-25H2,1-4H3,(H,33,36);3-7H,8-17H2,1H3,(H,23,25);3,5-8H2,1-2,4H3. The largest absolute Gasteiger partial charge is 0.463 e. The minimum atomic E-state index is -1.05. The van der Waals surface area contributed by atoms with Gasteiger partial charge in [-0.2, -0.15) is 0 Å². The van der Waals surface area contributed by atoms with Crippen LogP contribution in [0.15, 0.2) is 72.8 Å². The molecule has 22 heteroatoms. The summed E-state index contributed by atoms with van der Waals surface area (Å²) in [6.45, 7) is 49.9. The number of nitrogens with one attached hydrogen (secondary N) is 2. The number of morpholine rings is 2. The molecule has 2 amide bonds. The second-order valence-electron chi connectivity index (χ2n) is 20.9. The van der Waals surface area contributed by atoms with Crippen molar-refractivity contribution in [2.24, 2.45) is 0 Å². The van der Waals surface area contributed by atoms with E-state index in [-0.39, 0.29) is 43.2 Å². The first-order chi connectivity index (χ1) is 40.2. The fourth-order valence-corrected chi connectivity index (χ4v) is 14.7. The summed E-state index contributed by atoms with van der Waals surface area (Å²) >= 11 is 17.1. The summed E-state index contributed by atoms with van der Waals surface area (Å²) in [6.07, 6.45) is 3.45. The van der Waals surface area contributed by atoms with E-state index in [1.807, 2.05) is 57.2 Å². The first kappa shape index (κ1) is 76.5. The quantitative estimate of drug-likeness (QED) is 0.0296. The Morgan fingerprint density at radius 2 is 1.10 bits per heavy atom. The molecule has 2 fully saturated rings. The number of carbonyl (C=O) groups is 4. The molecule has 84 heavy (non-hydrogen) atoms. The number of rotatable bonds is 34. The average molecular weight is 1270 g/mol. The van der Waals surface area contributed by atoms with Crippen LogP contribution in [0.1, 0.15) is 98.6 Å². The molecular weight excluding hydrogens is 1180 g/mol. The summed E-state index contributed by atoms with van der Waals surface area (Å²) < 4.78 is 21.8. The zero-order valence-electron chi connectivity index (χ0n) is 51.4. The maximum atomic E-state index is 13.6. The van der Waals surface area contributed by atoms with Crippen molar-refractivity contribution in [2.75, 3.05) is 143 Å². The van der Waals surface area contributed by atoms with E-state index in [2.05, 4.69) is 98.5 Å². The van der Waals surface area contributed by atoms with Crippen LogP contribution in [0.2, 0.25) is 0 Å². The summed E-state index contributed by atoms with van der Waals surface area (Å²) in [5, 5.41) is 5.94. The number of carbonyl (C=O) groups excluding carboxylic acids is 4. The van der Waals surface area contributed by atoms with Gasteiger partial charge in [-0.1, -0.05) is 131 Å². The van der Waals surface area contributed by atoms with E-state index in [9.17, 15) is 19.2 Å². The van der Waals surface area contributed by atoms with Gasteiger partial charge in [0.05, 0.1) is 32.8 Å². The van der Waals surface area contributed by atoms with E-state index in [0.29, 0.717) is 54.6 Å². The van der Waals surface area contributed by atoms with Gasteiger partial charge in [0.1, 0.15) is 25.0 Å². The molecule has 16 nitrogen and oxygen atoms in total. The molecule has 468 valence electrons. The lowest BCUT2D eigenvalue weighted by Crippen LogP contribution is -2.43. The molecule has 3 unspecified atom stereocenters. The number of hydrogen-bond acceptors (Lipinski definition) is 18. The smallest absolute Gasteiger partial charge is 0.333 e. The van der Waals surface area contributed by atoms with E-state index in [0.717, 1.165) is 126 Å². The van der Waals surface area contributed by atoms with Gasteiger partial charge in [0.25, 0.3) is 4.87 Å². The minimum Gasteiger partial charge on any atom is -0.463 e. The minimum absolute atomic E-state index is 0.00335. The Morgan fingerprint density at radius 1 is 0.667 bits per heavy atom. The van der Waals surface area contributed by atoms with Crippen molar-refractivity contribution in [1.82, 2.24) is 30.2 Å². The fourth-order valence-electron chi connectivity index (χ4n) is 8.56. The normalized spacial score (nSPS) is 15.6. The molecule has 2 aliphatic heterocycles. The third-order valence-corrected chi connectivity index (χ3v) is 19.5. The molecule has 4 rings (SSSR count). The lowest BCUT2D eigenvalue weighted by Gasteiger charge is -2.31. The molecule has 0 radical (unpaired) electrons. The first-order valence-electron chi connectivity index (χ1n) is 29.4. The van der Waals surface area contributed by atoms with Gasteiger partial charge in [-0.25, -0.2) is 17.9 Å². The third kappa shape index (κ3) is 34.7. The van der Waals surface area contributed by atoms with Gasteiger partial charge < -0.3 is 44.2 Å². The maximum Gasteiger partial charge on any atom is 0.333 e. The zero-order chi connectivity index (χ0) is 62.1. The number of benzene rings is 2. The molecule has 0 bridgehead atoms. The van der Waals surface area contributed by atoms with Gasteiger partial charge in [0, 0.05) is 122 Å². The monoisotopic (exact) mass is 1270 g/mol. The van der Waals surface area contributed by atoms with E-state index in [1.54, 1.807) is 30.4 Å². The molecule has 0 aromatic heterocycles. The summed E-state index contributed by atoms with van der Waals surface area (Å²) in [7, 11) is 0. The Labute approximate surface area is 532 Å². The third-order valence-electron chi connectivity index (χ3n) is 14.0. The Bertz CT molecular complexity index is 2330. The number of ether oxygens (including phenoxy) is 4. The predicted molar refractivity (Wildman–Crippen MR) is 360 cm³/mol. The number of esters is 2. The highest BCUT2D eigenvalue weighted by molar-refractivity contribution is 8.48. The van der Waals surface area contributed by atoms with Crippen LogP contribution < -0.4 is 10.6 Å². The lowest BCUT2D eigenvalue weighted by molar-refractivity contribution is -0.147. The van der Waals surface area contributed by atoms with E-state index < -0.39 is 15.2 Å². The highest BCUT2D eigenvalue weighted by Crippen LogP contribution is 2.42. The molecule has 0 spiro atoms. The summed E-state index contributed by atoms with van der Waals surface area (Å²) in [6, 6.07) is 20.5. The van der Waals surface area contributed by atoms with Crippen LogP contribution in [0.3, 0.4) is 0 Å². The van der Waals surface area contributed by atoms with Gasteiger partial charge in [-0.3, -0.25) is 29.0 Å². The van der Waals surface area contributed by atoms with Crippen LogP contribution in [-0.4, -0.2) is 208 Å². The molecule has 2 saturated heterocycles. The number of thioether (sulfide) groups is 4. The number of aryl methyl sites for hydroxylation is 2. The predicted octanol–water partition coefficient (Wildman–Crippen LogP) is 10.2.